The molecule has 114 valence electrons. The standard InChI is InChI=1S/C15H13ClN2O4/c1-10-8-11(6-7-12(10)16)22-9-15(19)17-13-4-2-3-5-14(13)18(20)21/h2-8H,9H2,1H3,(H,17,19). The summed E-state index contributed by atoms with van der Waals surface area (Å²) in [5, 5.41) is 13.9. The molecule has 1 N–H and O–H groups in total. The molecule has 0 fully saturated rings. The molecule has 0 saturated carbocycles. The van der Waals surface area contributed by atoms with Gasteiger partial charge in [0.2, 0.25) is 0 Å². The fourth-order valence-electron chi connectivity index (χ4n) is 1.78. The van der Waals surface area contributed by atoms with Gasteiger partial charge in [-0.15, -0.1) is 0 Å². The second-order valence-electron chi connectivity index (χ2n) is 4.52. The molecule has 7 heteroatoms. The highest BCUT2D eigenvalue weighted by Gasteiger charge is 2.14. The number of nitro benzene ring substituents is 1. The number of halogens is 1. The van der Waals surface area contributed by atoms with E-state index in [2.05, 4.69) is 5.32 Å². The number of amides is 1. The summed E-state index contributed by atoms with van der Waals surface area (Å²) in [7, 11) is 0. The van der Waals surface area contributed by atoms with Crippen LogP contribution in [0, 0.1) is 17.0 Å². The Kier molecular flexibility index (Phi) is 4.95. The molecular formula is C15H13ClN2O4. The minimum Gasteiger partial charge on any atom is -0.484 e. The van der Waals surface area contributed by atoms with E-state index in [1.807, 2.05) is 6.92 Å². The summed E-state index contributed by atoms with van der Waals surface area (Å²) in [6.07, 6.45) is 0. The molecule has 6 nitrogen and oxygen atoms in total. The normalized spacial score (nSPS) is 10.1. The fraction of sp³-hybridized carbons (Fsp3) is 0.133. The van der Waals surface area contributed by atoms with Gasteiger partial charge in [0.25, 0.3) is 11.6 Å². The summed E-state index contributed by atoms with van der Waals surface area (Å²) in [6, 6.07) is 10.9. The van der Waals surface area contributed by atoms with E-state index in [1.165, 1.54) is 18.2 Å². The molecule has 0 unspecified atom stereocenters. The zero-order chi connectivity index (χ0) is 16.1. The number of hydrogen-bond acceptors (Lipinski definition) is 4. The summed E-state index contributed by atoms with van der Waals surface area (Å²) < 4.78 is 5.34. The molecule has 0 atom stereocenters. The van der Waals surface area contributed by atoms with E-state index in [-0.39, 0.29) is 18.0 Å². The van der Waals surface area contributed by atoms with Crippen molar-refractivity contribution in [2.75, 3.05) is 11.9 Å². The predicted molar refractivity (Wildman–Crippen MR) is 83.4 cm³/mol. The molecule has 0 aliphatic heterocycles. The quantitative estimate of drug-likeness (QED) is 0.674. The number of aryl methyl sites for hydroxylation is 1. The van der Waals surface area contributed by atoms with Crippen LogP contribution in [0.3, 0.4) is 0 Å². The highest BCUT2D eigenvalue weighted by Crippen LogP contribution is 2.23. The van der Waals surface area contributed by atoms with Crippen LogP contribution in [0.2, 0.25) is 5.02 Å². The van der Waals surface area contributed by atoms with Gasteiger partial charge >= 0.3 is 0 Å². The van der Waals surface area contributed by atoms with Gasteiger partial charge in [-0.2, -0.15) is 0 Å². The molecule has 0 aliphatic rings. The van der Waals surface area contributed by atoms with Crippen LogP contribution in [0.4, 0.5) is 11.4 Å². The van der Waals surface area contributed by atoms with Crippen LogP contribution in [-0.4, -0.2) is 17.4 Å². The third-order valence-electron chi connectivity index (χ3n) is 2.87. The number of carbonyl (C=O) groups is 1. The second-order valence-corrected chi connectivity index (χ2v) is 4.93. The Bertz CT molecular complexity index is 718. The average Bonchev–Trinajstić information content (AvgIpc) is 2.49. The molecule has 2 rings (SSSR count). The number of nitro groups is 1. The van der Waals surface area contributed by atoms with E-state index in [9.17, 15) is 14.9 Å². The van der Waals surface area contributed by atoms with Crippen molar-refractivity contribution in [1.29, 1.82) is 0 Å². The van der Waals surface area contributed by atoms with Gasteiger partial charge in [-0.3, -0.25) is 14.9 Å². The Hall–Kier alpha value is -2.60. The Morgan fingerprint density at radius 3 is 2.73 bits per heavy atom. The van der Waals surface area contributed by atoms with E-state index in [4.69, 9.17) is 16.3 Å². The Morgan fingerprint density at radius 1 is 1.32 bits per heavy atom. The van der Waals surface area contributed by atoms with Gasteiger partial charge < -0.3 is 10.1 Å². The number of ether oxygens (including phenoxy) is 1. The summed E-state index contributed by atoms with van der Waals surface area (Å²) >= 11 is 5.90. The number of hydrogen-bond donors (Lipinski definition) is 1. The SMILES string of the molecule is Cc1cc(OCC(=O)Nc2ccccc2[N+](=O)[O-])ccc1Cl. The minimum atomic E-state index is -0.557. The summed E-state index contributed by atoms with van der Waals surface area (Å²) in [5.41, 5.74) is 0.796. The lowest BCUT2D eigenvalue weighted by Gasteiger charge is -2.08. The Morgan fingerprint density at radius 2 is 2.05 bits per heavy atom. The van der Waals surface area contributed by atoms with Crippen LogP contribution in [0.1, 0.15) is 5.56 Å². The van der Waals surface area contributed by atoms with Crippen LogP contribution in [0.15, 0.2) is 42.5 Å². The average molecular weight is 321 g/mol. The number of carbonyl (C=O) groups excluding carboxylic acids is 1. The maximum absolute atomic E-state index is 11.8. The zero-order valence-electron chi connectivity index (χ0n) is 11.7. The van der Waals surface area contributed by atoms with Gasteiger partial charge in [0.1, 0.15) is 11.4 Å². The van der Waals surface area contributed by atoms with Gasteiger partial charge in [-0.05, 0) is 36.8 Å². The van der Waals surface area contributed by atoms with Crippen molar-refractivity contribution < 1.29 is 14.5 Å². The van der Waals surface area contributed by atoms with Crippen LogP contribution in [0.5, 0.6) is 5.75 Å². The van der Waals surface area contributed by atoms with Crippen molar-refractivity contribution in [2.45, 2.75) is 6.92 Å². The lowest BCUT2D eigenvalue weighted by molar-refractivity contribution is -0.383. The van der Waals surface area contributed by atoms with E-state index < -0.39 is 10.8 Å². The lowest BCUT2D eigenvalue weighted by Crippen LogP contribution is -2.20. The summed E-state index contributed by atoms with van der Waals surface area (Å²) in [6.45, 7) is 1.57. The fourth-order valence-corrected chi connectivity index (χ4v) is 1.90. The number of anilines is 1. The number of benzene rings is 2. The minimum absolute atomic E-state index is 0.133. The number of para-hydroxylation sites is 2. The maximum Gasteiger partial charge on any atom is 0.292 e. The van der Waals surface area contributed by atoms with Crippen LogP contribution in [-0.2, 0) is 4.79 Å². The summed E-state index contributed by atoms with van der Waals surface area (Å²) in [5.74, 6) is 0.0153. The van der Waals surface area contributed by atoms with E-state index in [0.717, 1.165) is 5.56 Å². The molecular weight excluding hydrogens is 308 g/mol. The topological polar surface area (TPSA) is 81.5 Å². The number of rotatable bonds is 5. The molecule has 0 heterocycles. The largest absolute Gasteiger partial charge is 0.484 e. The molecule has 0 aliphatic carbocycles. The highest BCUT2D eigenvalue weighted by molar-refractivity contribution is 6.31. The zero-order valence-corrected chi connectivity index (χ0v) is 12.5. The molecule has 1 amide bonds. The van der Waals surface area contributed by atoms with Crippen molar-refractivity contribution in [3.8, 4) is 5.75 Å². The first-order chi connectivity index (χ1) is 10.5. The molecule has 2 aromatic carbocycles. The van der Waals surface area contributed by atoms with Crippen molar-refractivity contribution in [1.82, 2.24) is 0 Å². The van der Waals surface area contributed by atoms with Crippen molar-refractivity contribution >= 4 is 28.9 Å². The third-order valence-corrected chi connectivity index (χ3v) is 3.30. The van der Waals surface area contributed by atoms with Gasteiger partial charge in [0.15, 0.2) is 6.61 Å². The van der Waals surface area contributed by atoms with Gasteiger partial charge in [0, 0.05) is 11.1 Å². The predicted octanol–water partition coefficient (Wildman–Crippen LogP) is 3.57. The Balaban J connectivity index is 1.99. The van der Waals surface area contributed by atoms with Crippen LogP contribution >= 0.6 is 11.6 Å². The summed E-state index contributed by atoms with van der Waals surface area (Å²) in [4.78, 5) is 22.1. The number of nitrogens with zero attached hydrogens (tertiary/aromatic N) is 1. The van der Waals surface area contributed by atoms with Crippen LogP contribution in [0.25, 0.3) is 0 Å². The molecule has 0 saturated heterocycles. The first-order valence-electron chi connectivity index (χ1n) is 6.39. The second kappa shape index (κ2) is 6.91. The third kappa shape index (κ3) is 3.95. The molecule has 2 aromatic rings. The van der Waals surface area contributed by atoms with Gasteiger partial charge in [-0.25, -0.2) is 0 Å². The van der Waals surface area contributed by atoms with Crippen molar-refractivity contribution in [3.05, 3.63) is 63.2 Å². The van der Waals surface area contributed by atoms with Gasteiger partial charge in [-0.1, -0.05) is 23.7 Å². The van der Waals surface area contributed by atoms with Gasteiger partial charge in [0.05, 0.1) is 4.92 Å². The monoisotopic (exact) mass is 320 g/mol. The van der Waals surface area contributed by atoms with Crippen molar-refractivity contribution in [3.63, 3.8) is 0 Å². The van der Waals surface area contributed by atoms with Crippen molar-refractivity contribution in [2.24, 2.45) is 0 Å². The molecule has 22 heavy (non-hydrogen) atoms. The molecule has 0 spiro atoms. The molecule has 0 radical (unpaired) electrons. The van der Waals surface area contributed by atoms with E-state index >= 15 is 0 Å². The lowest BCUT2D eigenvalue weighted by atomic mass is 10.2. The van der Waals surface area contributed by atoms with E-state index in [0.29, 0.717) is 10.8 Å². The first-order valence-corrected chi connectivity index (χ1v) is 6.77. The number of nitrogens with one attached hydrogen (secondary N) is 1. The van der Waals surface area contributed by atoms with Crippen LogP contribution < -0.4 is 10.1 Å². The molecule has 0 aromatic heterocycles. The first kappa shape index (κ1) is 15.8. The smallest absolute Gasteiger partial charge is 0.292 e. The highest BCUT2D eigenvalue weighted by atomic mass is 35.5. The maximum atomic E-state index is 11.8. The Labute approximate surface area is 131 Å². The van der Waals surface area contributed by atoms with E-state index in [1.54, 1.807) is 24.3 Å². The molecule has 0 bridgehead atoms.